The molecule has 2 heterocycles. The quantitative estimate of drug-likeness (QED) is 0.783. The maximum atomic E-state index is 5.93. The van der Waals surface area contributed by atoms with Crippen LogP contribution in [0.5, 0.6) is 0 Å². The fourth-order valence-electron chi connectivity index (χ4n) is 1.48. The van der Waals surface area contributed by atoms with E-state index in [1.807, 2.05) is 20.8 Å². The summed E-state index contributed by atoms with van der Waals surface area (Å²) in [6, 6.07) is 0. The van der Waals surface area contributed by atoms with Crippen LogP contribution in [-0.2, 0) is 0 Å². The molecule has 0 radical (unpaired) electrons. The molecule has 0 bridgehead atoms. The van der Waals surface area contributed by atoms with E-state index >= 15 is 0 Å². The van der Waals surface area contributed by atoms with Crippen LogP contribution in [0, 0.1) is 20.8 Å². The zero-order valence-electron chi connectivity index (χ0n) is 8.30. The molecular formula is C9H11BrN4. The Balaban J connectivity index is 3.01. The second-order valence-corrected chi connectivity index (χ2v) is 4.14. The van der Waals surface area contributed by atoms with Gasteiger partial charge in [0.25, 0.3) is 0 Å². The minimum absolute atomic E-state index is 0.637. The van der Waals surface area contributed by atoms with Gasteiger partial charge in [-0.3, -0.25) is 0 Å². The number of fused-ring (bicyclic) bond motifs is 1. The summed E-state index contributed by atoms with van der Waals surface area (Å²) in [5.74, 6) is 1.37. The summed E-state index contributed by atoms with van der Waals surface area (Å²) < 4.78 is 2.69. The van der Waals surface area contributed by atoms with Crippen LogP contribution in [0.2, 0.25) is 0 Å². The molecule has 4 nitrogen and oxygen atoms in total. The molecule has 0 fully saturated rings. The Bertz CT molecular complexity index is 470. The number of anilines is 1. The molecule has 2 aromatic rings. The van der Waals surface area contributed by atoms with Crippen LogP contribution in [0.1, 0.15) is 17.0 Å². The molecule has 0 spiro atoms. The summed E-state index contributed by atoms with van der Waals surface area (Å²) in [7, 11) is 0. The van der Waals surface area contributed by atoms with Crippen molar-refractivity contribution in [3.8, 4) is 0 Å². The Morgan fingerprint density at radius 3 is 2.50 bits per heavy atom. The number of nitrogens with two attached hydrogens (primary N) is 1. The molecule has 2 aromatic heterocycles. The van der Waals surface area contributed by atoms with E-state index in [0.29, 0.717) is 5.82 Å². The predicted molar refractivity (Wildman–Crippen MR) is 59.3 cm³/mol. The number of nitrogens with zero attached hydrogens (tertiary/aromatic N) is 3. The van der Waals surface area contributed by atoms with Crippen LogP contribution in [0.3, 0.4) is 0 Å². The van der Waals surface area contributed by atoms with Crippen LogP contribution in [0.25, 0.3) is 5.65 Å². The highest BCUT2D eigenvalue weighted by molar-refractivity contribution is 9.10. The summed E-state index contributed by atoms with van der Waals surface area (Å²) in [6.07, 6.45) is 0. The minimum atomic E-state index is 0.637. The molecular weight excluding hydrogens is 244 g/mol. The highest BCUT2D eigenvalue weighted by Crippen LogP contribution is 2.28. The monoisotopic (exact) mass is 254 g/mol. The van der Waals surface area contributed by atoms with Crippen molar-refractivity contribution in [1.29, 1.82) is 0 Å². The van der Waals surface area contributed by atoms with Crippen molar-refractivity contribution < 1.29 is 0 Å². The number of aromatic nitrogens is 3. The molecule has 5 heteroatoms. The Morgan fingerprint density at radius 2 is 1.86 bits per heavy atom. The van der Waals surface area contributed by atoms with Crippen LogP contribution < -0.4 is 5.73 Å². The molecule has 0 atom stereocenters. The van der Waals surface area contributed by atoms with Crippen molar-refractivity contribution in [3.05, 3.63) is 21.4 Å². The molecule has 2 N–H and O–H groups in total. The topological polar surface area (TPSA) is 56.2 Å². The number of hydrogen-bond acceptors (Lipinski definition) is 3. The summed E-state index contributed by atoms with van der Waals surface area (Å²) in [5, 5.41) is 4.24. The molecule has 0 saturated carbocycles. The fraction of sp³-hybridized carbons (Fsp3) is 0.333. The van der Waals surface area contributed by atoms with Gasteiger partial charge in [0.15, 0.2) is 5.65 Å². The van der Waals surface area contributed by atoms with Crippen LogP contribution in [0.15, 0.2) is 4.47 Å². The molecule has 0 aliphatic carbocycles. The lowest BCUT2D eigenvalue weighted by Crippen LogP contribution is -2.04. The summed E-state index contributed by atoms with van der Waals surface area (Å²) >= 11 is 3.50. The molecule has 0 amide bonds. The Kier molecular flexibility index (Phi) is 1.99. The first-order chi connectivity index (χ1) is 6.52. The van der Waals surface area contributed by atoms with Gasteiger partial charge in [-0.15, -0.1) is 5.10 Å². The number of aryl methyl sites for hydroxylation is 2. The number of hydrogen-bond donors (Lipinski definition) is 1. The Hall–Kier alpha value is -1.10. The minimum Gasteiger partial charge on any atom is -0.383 e. The maximum Gasteiger partial charge on any atom is 0.162 e. The highest BCUT2D eigenvalue weighted by atomic mass is 79.9. The predicted octanol–water partition coefficient (Wildman–Crippen LogP) is 2.00. The first-order valence-corrected chi connectivity index (χ1v) is 5.09. The van der Waals surface area contributed by atoms with E-state index in [9.17, 15) is 0 Å². The molecule has 0 aromatic carbocycles. The summed E-state index contributed by atoms with van der Waals surface area (Å²) in [4.78, 5) is 4.32. The Morgan fingerprint density at radius 1 is 1.21 bits per heavy atom. The molecule has 14 heavy (non-hydrogen) atoms. The van der Waals surface area contributed by atoms with Gasteiger partial charge in [0.05, 0.1) is 0 Å². The lowest BCUT2D eigenvalue weighted by atomic mass is 10.2. The van der Waals surface area contributed by atoms with Crippen molar-refractivity contribution in [1.82, 2.24) is 14.6 Å². The number of halogens is 1. The lowest BCUT2D eigenvalue weighted by molar-refractivity contribution is 0.929. The smallest absolute Gasteiger partial charge is 0.162 e. The number of pyridine rings is 1. The largest absolute Gasteiger partial charge is 0.383 e. The van der Waals surface area contributed by atoms with Gasteiger partial charge >= 0.3 is 0 Å². The third-order valence-electron chi connectivity index (χ3n) is 2.32. The van der Waals surface area contributed by atoms with Crippen molar-refractivity contribution in [2.24, 2.45) is 0 Å². The molecule has 0 aliphatic rings. The highest BCUT2D eigenvalue weighted by Gasteiger charge is 2.13. The van der Waals surface area contributed by atoms with Gasteiger partial charge < -0.3 is 5.73 Å². The summed E-state index contributed by atoms with van der Waals surface area (Å²) in [6.45, 7) is 5.82. The zero-order valence-corrected chi connectivity index (χ0v) is 9.88. The van der Waals surface area contributed by atoms with Crippen molar-refractivity contribution in [3.63, 3.8) is 0 Å². The third-order valence-corrected chi connectivity index (χ3v) is 3.51. The van der Waals surface area contributed by atoms with Gasteiger partial charge in [-0.2, -0.15) is 4.52 Å². The van der Waals surface area contributed by atoms with Crippen molar-refractivity contribution >= 4 is 27.4 Å². The SMILES string of the molecule is Cc1nc2c(C)c(Br)c(C)c(N)n2n1. The molecule has 0 aliphatic heterocycles. The molecule has 2 rings (SSSR count). The third kappa shape index (κ3) is 1.12. The van der Waals surface area contributed by atoms with Gasteiger partial charge in [0, 0.05) is 15.6 Å². The molecule has 74 valence electrons. The van der Waals surface area contributed by atoms with E-state index in [4.69, 9.17) is 5.73 Å². The van der Waals surface area contributed by atoms with Gasteiger partial charge in [-0.25, -0.2) is 4.98 Å². The number of nitrogen functional groups attached to an aromatic ring is 1. The van der Waals surface area contributed by atoms with E-state index in [0.717, 1.165) is 27.1 Å². The first kappa shape index (κ1) is 9.45. The van der Waals surface area contributed by atoms with Crippen LogP contribution in [0.4, 0.5) is 5.82 Å². The molecule has 0 saturated heterocycles. The average Bonchev–Trinajstić information content (AvgIpc) is 2.54. The molecule has 0 unspecified atom stereocenters. The number of rotatable bonds is 0. The van der Waals surface area contributed by atoms with Gasteiger partial charge in [0.1, 0.15) is 11.6 Å². The van der Waals surface area contributed by atoms with Crippen LogP contribution >= 0.6 is 15.9 Å². The fourth-order valence-corrected chi connectivity index (χ4v) is 1.86. The first-order valence-electron chi connectivity index (χ1n) is 4.30. The second kappa shape index (κ2) is 2.95. The zero-order chi connectivity index (χ0) is 10.5. The van der Waals surface area contributed by atoms with Gasteiger partial charge in [-0.05, 0) is 36.7 Å². The average molecular weight is 255 g/mol. The van der Waals surface area contributed by atoms with E-state index in [-0.39, 0.29) is 0 Å². The van der Waals surface area contributed by atoms with E-state index in [2.05, 4.69) is 26.0 Å². The van der Waals surface area contributed by atoms with Gasteiger partial charge in [0.2, 0.25) is 0 Å². The summed E-state index contributed by atoms with van der Waals surface area (Å²) in [5.41, 5.74) is 8.82. The van der Waals surface area contributed by atoms with E-state index in [1.54, 1.807) is 4.52 Å². The normalized spacial score (nSPS) is 11.1. The van der Waals surface area contributed by atoms with E-state index in [1.165, 1.54) is 0 Å². The Labute approximate surface area is 90.3 Å². The van der Waals surface area contributed by atoms with Gasteiger partial charge in [-0.1, -0.05) is 0 Å². The van der Waals surface area contributed by atoms with Crippen molar-refractivity contribution in [2.75, 3.05) is 5.73 Å². The van der Waals surface area contributed by atoms with Crippen LogP contribution in [-0.4, -0.2) is 14.6 Å². The maximum absolute atomic E-state index is 5.93. The van der Waals surface area contributed by atoms with E-state index < -0.39 is 0 Å². The second-order valence-electron chi connectivity index (χ2n) is 3.34. The standard InChI is InChI=1S/C9H11BrN4/c1-4-7(10)5(2)9-12-6(3)13-14(9)8(4)11/h11H2,1-3H3. The lowest BCUT2D eigenvalue weighted by Gasteiger charge is -2.08. The van der Waals surface area contributed by atoms with Crippen molar-refractivity contribution in [2.45, 2.75) is 20.8 Å².